The monoisotopic (exact) mass is 256 g/mol. The lowest BCUT2D eigenvalue weighted by Gasteiger charge is -1.98. The molecule has 0 saturated carbocycles. The third-order valence-electron chi connectivity index (χ3n) is 2.17. The predicted molar refractivity (Wildman–Crippen MR) is 63.7 cm³/mol. The average molecular weight is 257 g/mol. The maximum absolute atomic E-state index is 4.15. The van der Waals surface area contributed by atoms with Crippen molar-refractivity contribution in [2.45, 2.75) is 26.2 Å². The van der Waals surface area contributed by atoms with E-state index in [1.165, 1.54) is 11.1 Å². The topological polar surface area (TPSA) is 17.8 Å². The van der Waals surface area contributed by atoms with E-state index in [9.17, 15) is 0 Å². The number of allylic oxidation sites excluding steroid dienone is 2. The van der Waals surface area contributed by atoms with Gasteiger partial charge < -0.3 is 0 Å². The van der Waals surface area contributed by atoms with Gasteiger partial charge in [-0.15, -0.1) is 0 Å². The number of aryl methyl sites for hydroxylation is 2. The zero-order valence-electron chi connectivity index (χ0n) is 8.83. The highest BCUT2D eigenvalue weighted by Gasteiger charge is 1.96. The SMILES string of the molecule is CC(=CCCBr)CCc1cnn(C)c1. The summed E-state index contributed by atoms with van der Waals surface area (Å²) in [5, 5.41) is 5.20. The largest absolute Gasteiger partial charge is 0.276 e. The molecular formula is C11H17BrN2. The number of hydrogen-bond acceptors (Lipinski definition) is 1. The molecule has 0 saturated heterocycles. The highest BCUT2D eigenvalue weighted by atomic mass is 79.9. The number of aromatic nitrogens is 2. The zero-order chi connectivity index (χ0) is 10.4. The second-order valence-electron chi connectivity index (χ2n) is 3.55. The number of alkyl halides is 1. The summed E-state index contributed by atoms with van der Waals surface area (Å²) in [4.78, 5) is 0. The van der Waals surface area contributed by atoms with Gasteiger partial charge in [0.05, 0.1) is 6.20 Å². The lowest BCUT2D eigenvalue weighted by Crippen LogP contribution is -1.86. The summed E-state index contributed by atoms with van der Waals surface area (Å²) in [6.45, 7) is 2.19. The Morgan fingerprint density at radius 1 is 1.64 bits per heavy atom. The number of nitrogens with zero attached hydrogens (tertiary/aromatic N) is 2. The second-order valence-corrected chi connectivity index (χ2v) is 4.34. The maximum atomic E-state index is 4.15. The Morgan fingerprint density at radius 2 is 2.43 bits per heavy atom. The van der Waals surface area contributed by atoms with Gasteiger partial charge in [-0.1, -0.05) is 27.6 Å². The molecule has 1 aromatic heterocycles. The maximum Gasteiger partial charge on any atom is 0.0521 e. The Morgan fingerprint density at radius 3 is 3.00 bits per heavy atom. The first-order valence-corrected chi connectivity index (χ1v) is 6.03. The molecule has 0 fully saturated rings. The molecule has 1 rings (SSSR count). The predicted octanol–water partition coefficient (Wildman–Crippen LogP) is 3.08. The molecule has 78 valence electrons. The molecular weight excluding hydrogens is 240 g/mol. The molecule has 0 atom stereocenters. The second kappa shape index (κ2) is 6.02. The van der Waals surface area contributed by atoms with Gasteiger partial charge in [0.2, 0.25) is 0 Å². The minimum atomic E-state index is 1.05. The van der Waals surface area contributed by atoms with Crippen LogP contribution in [0.3, 0.4) is 0 Å². The Labute approximate surface area is 94.1 Å². The van der Waals surface area contributed by atoms with Crippen molar-refractivity contribution in [3.63, 3.8) is 0 Å². The molecule has 0 unspecified atom stereocenters. The molecule has 0 aliphatic carbocycles. The van der Waals surface area contributed by atoms with Crippen molar-refractivity contribution < 1.29 is 0 Å². The molecule has 0 N–H and O–H groups in total. The van der Waals surface area contributed by atoms with Crippen molar-refractivity contribution in [1.82, 2.24) is 9.78 Å². The van der Waals surface area contributed by atoms with Crippen molar-refractivity contribution in [1.29, 1.82) is 0 Å². The molecule has 0 amide bonds. The molecule has 0 radical (unpaired) electrons. The minimum Gasteiger partial charge on any atom is -0.276 e. The Bertz CT molecular complexity index is 302. The van der Waals surface area contributed by atoms with Gasteiger partial charge in [0.15, 0.2) is 0 Å². The van der Waals surface area contributed by atoms with E-state index in [1.54, 1.807) is 0 Å². The zero-order valence-corrected chi connectivity index (χ0v) is 10.4. The standard InChI is InChI=1S/C11H17BrN2/c1-10(4-3-7-12)5-6-11-8-13-14(2)9-11/h4,8-9H,3,5-7H2,1-2H3. The smallest absolute Gasteiger partial charge is 0.0521 e. The molecule has 1 aromatic rings. The fourth-order valence-corrected chi connectivity index (χ4v) is 1.57. The van der Waals surface area contributed by atoms with Crippen LogP contribution in [-0.2, 0) is 13.5 Å². The van der Waals surface area contributed by atoms with E-state index >= 15 is 0 Å². The van der Waals surface area contributed by atoms with E-state index in [0.717, 1.165) is 24.6 Å². The van der Waals surface area contributed by atoms with Gasteiger partial charge in [0.1, 0.15) is 0 Å². The van der Waals surface area contributed by atoms with E-state index in [1.807, 2.05) is 17.9 Å². The first-order valence-electron chi connectivity index (χ1n) is 4.91. The summed E-state index contributed by atoms with van der Waals surface area (Å²) in [6, 6.07) is 0. The van der Waals surface area contributed by atoms with Crippen LogP contribution in [0, 0.1) is 0 Å². The first kappa shape index (κ1) is 11.5. The first-order chi connectivity index (χ1) is 6.72. The van der Waals surface area contributed by atoms with Crippen LogP contribution < -0.4 is 0 Å². The normalized spacial score (nSPS) is 12.1. The summed E-state index contributed by atoms with van der Waals surface area (Å²) in [6.07, 6.45) is 9.68. The third kappa shape index (κ3) is 4.09. The molecule has 2 nitrogen and oxygen atoms in total. The van der Waals surface area contributed by atoms with E-state index in [2.05, 4.69) is 40.2 Å². The number of halogens is 1. The van der Waals surface area contributed by atoms with Gasteiger partial charge >= 0.3 is 0 Å². The number of rotatable bonds is 5. The third-order valence-corrected chi connectivity index (χ3v) is 2.63. The molecule has 1 heterocycles. The van der Waals surface area contributed by atoms with Crippen LogP contribution in [0.4, 0.5) is 0 Å². The van der Waals surface area contributed by atoms with E-state index in [-0.39, 0.29) is 0 Å². The van der Waals surface area contributed by atoms with Crippen molar-refractivity contribution >= 4 is 15.9 Å². The van der Waals surface area contributed by atoms with Crippen LogP contribution in [-0.4, -0.2) is 15.1 Å². The summed E-state index contributed by atoms with van der Waals surface area (Å²) in [5.74, 6) is 0. The molecule has 14 heavy (non-hydrogen) atoms. The van der Waals surface area contributed by atoms with Gasteiger partial charge in [-0.2, -0.15) is 5.10 Å². The highest BCUT2D eigenvalue weighted by Crippen LogP contribution is 2.08. The Kier molecular flexibility index (Phi) is 4.94. The van der Waals surface area contributed by atoms with Crippen molar-refractivity contribution in [3.05, 3.63) is 29.6 Å². The van der Waals surface area contributed by atoms with Crippen LogP contribution in [0.15, 0.2) is 24.0 Å². The summed E-state index contributed by atoms with van der Waals surface area (Å²) < 4.78 is 1.85. The van der Waals surface area contributed by atoms with Gasteiger partial charge in [-0.05, 0) is 31.7 Å². The van der Waals surface area contributed by atoms with E-state index in [4.69, 9.17) is 0 Å². The van der Waals surface area contributed by atoms with Crippen LogP contribution >= 0.6 is 15.9 Å². The lowest BCUT2D eigenvalue weighted by atomic mass is 10.1. The van der Waals surface area contributed by atoms with Gasteiger partial charge in [0, 0.05) is 18.6 Å². The molecule has 0 aliphatic rings. The highest BCUT2D eigenvalue weighted by molar-refractivity contribution is 9.09. The van der Waals surface area contributed by atoms with Crippen LogP contribution in [0.5, 0.6) is 0 Å². The van der Waals surface area contributed by atoms with Crippen molar-refractivity contribution in [3.8, 4) is 0 Å². The minimum absolute atomic E-state index is 1.05. The Hall–Kier alpha value is -0.570. The van der Waals surface area contributed by atoms with Crippen molar-refractivity contribution in [2.75, 3.05) is 5.33 Å². The fraction of sp³-hybridized carbons (Fsp3) is 0.545. The summed E-state index contributed by atoms with van der Waals surface area (Å²) in [7, 11) is 1.96. The van der Waals surface area contributed by atoms with Crippen LogP contribution in [0.1, 0.15) is 25.3 Å². The average Bonchev–Trinajstić information content (AvgIpc) is 2.58. The lowest BCUT2D eigenvalue weighted by molar-refractivity contribution is 0.766. The van der Waals surface area contributed by atoms with Crippen molar-refractivity contribution in [2.24, 2.45) is 7.05 Å². The summed E-state index contributed by atoms with van der Waals surface area (Å²) >= 11 is 3.42. The molecule has 3 heteroatoms. The molecule has 0 bridgehead atoms. The molecule has 0 aromatic carbocycles. The van der Waals surface area contributed by atoms with E-state index in [0.29, 0.717) is 0 Å². The molecule has 0 aliphatic heterocycles. The quantitative estimate of drug-likeness (QED) is 0.585. The van der Waals surface area contributed by atoms with Gasteiger partial charge in [0.25, 0.3) is 0 Å². The van der Waals surface area contributed by atoms with Gasteiger partial charge in [-0.3, -0.25) is 4.68 Å². The number of hydrogen-bond donors (Lipinski definition) is 0. The van der Waals surface area contributed by atoms with Crippen LogP contribution in [0.25, 0.3) is 0 Å². The van der Waals surface area contributed by atoms with Crippen LogP contribution in [0.2, 0.25) is 0 Å². The fourth-order valence-electron chi connectivity index (χ4n) is 1.35. The summed E-state index contributed by atoms with van der Waals surface area (Å²) in [5.41, 5.74) is 2.78. The van der Waals surface area contributed by atoms with E-state index < -0.39 is 0 Å². The molecule has 0 spiro atoms. The Balaban J connectivity index is 2.33. The van der Waals surface area contributed by atoms with Gasteiger partial charge in [-0.25, -0.2) is 0 Å².